The van der Waals surface area contributed by atoms with Crippen LogP contribution in [0.15, 0.2) is 18.2 Å². The van der Waals surface area contributed by atoms with Gasteiger partial charge in [0.1, 0.15) is 5.82 Å². The molecule has 88 valence electrons. The minimum atomic E-state index is -0.970. The number of nitrogen functional groups attached to an aromatic ring is 2. The summed E-state index contributed by atoms with van der Waals surface area (Å²) >= 11 is 0. The molecular weight excluding hydrogens is 226 g/mol. The summed E-state index contributed by atoms with van der Waals surface area (Å²) in [6.07, 6.45) is 0. The average Bonchev–Trinajstić information content (AvgIpc) is 2.24. The number of halogens is 2. The first-order chi connectivity index (χ1) is 7.99. The van der Waals surface area contributed by atoms with E-state index in [-0.39, 0.29) is 28.6 Å². The van der Waals surface area contributed by atoms with E-state index in [1.165, 1.54) is 25.1 Å². The largest absolute Gasteiger partial charge is 0.384 e. The van der Waals surface area contributed by atoms with Crippen molar-refractivity contribution in [3.63, 3.8) is 0 Å². The van der Waals surface area contributed by atoms with Crippen molar-refractivity contribution < 1.29 is 8.78 Å². The van der Waals surface area contributed by atoms with Gasteiger partial charge in [-0.15, -0.1) is 0 Å². The van der Waals surface area contributed by atoms with Crippen LogP contribution >= 0.6 is 0 Å². The Bertz CT molecular complexity index is 564. The number of anilines is 2. The molecule has 0 fully saturated rings. The molecule has 0 aliphatic carbocycles. The quantitative estimate of drug-likeness (QED) is 0.792. The smallest absolute Gasteiger partial charge is 0.222 e. The zero-order valence-corrected chi connectivity index (χ0v) is 9.04. The van der Waals surface area contributed by atoms with Gasteiger partial charge in [-0.05, 0) is 18.6 Å². The van der Waals surface area contributed by atoms with Crippen molar-refractivity contribution >= 4 is 11.8 Å². The van der Waals surface area contributed by atoms with Crippen molar-refractivity contribution in [1.29, 1.82) is 0 Å². The molecule has 4 nitrogen and oxygen atoms in total. The molecule has 0 aliphatic heterocycles. The van der Waals surface area contributed by atoms with Gasteiger partial charge in [-0.2, -0.15) is 4.98 Å². The minimum Gasteiger partial charge on any atom is -0.384 e. The summed E-state index contributed by atoms with van der Waals surface area (Å²) in [5.74, 6) is -1.85. The summed E-state index contributed by atoms with van der Waals surface area (Å²) < 4.78 is 27.1. The summed E-state index contributed by atoms with van der Waals surface area (Å²) in [4.78, 5) is 7.47. The van der Waals surface area contributed by atoms with E-state index in [0.29, 0.717) is 0 Å². The van der Waals surface area contributed by atoms with Gasteiger partial charge in [-0.1, -0.05) is 6.07 Å². The average molecular weight is 236 g/mol. The van der Waals surface area contributed by atoms with E-state index in [1.54, 1.807) is 0 Å². The number of nitrogens with two attached hydrogens (primary N) is 2. The predicted octanol–water partition coefficient (Wildman–Crippen LogP) is 1.89. The Hall–Kier alpha value is -2.24. The molecule has 0 spiro atoms. The Morgan fingerprint density at radius 1 is 1.06 bits per heavy atom. The fraction of sp³-hybridized carbons (Fsp3) is 0.0909. The molecule has 0 saturated heterocycles. The SMILES string of the molecule is Cc1ccc(-c2cc(N)nc(N)n2)c(F)c1F. The molecule has 0 bridgehead atoms. The summed E-state index contributed by atoms with van der Waals surface area (Å²) in [5, 5.41) is 0. The van der Waals surface area contributed by atoms with Crippen LogP contribution in [0.1, 0.15) is 5.56 Å². The zero-order valence-electron chi connectivity index (χ0n) is 9.04. The monoisotopic (exact) mass is 236 g/mol. The summed E-state index contributed by atoms with van der Waals surface area (Å²) in [6, 6.07) is 4.22. The van der Waals surface area contributed by atoms with Crippen LogP contribution in [0.3, 0.4) is 0 Å². The zero-order chi connectivity index (χ0) is 12.6. The Morgan fingerprint density at radius 2 is 1.76 bits per heavy atom. The number of benzene rings is 1. The number of rotatable bonds is 1. The maximum absolute atomic E-state index is 13.7. The molecule has 2 rings (SSSR count). The molecule has 1 aromatic heterocycles. The fourth-order valence-electron chi connectivity index (χ4n) is 1.47. The maximum Gasteiger partial charge on any atom is 0.222 e. The second-order valence-electron chi connectivity index (χ2n) is 3.59. The number of hydrogen-bond acceptors (Lipinski definition) is 4. The number of aromatic nitrogens is 2. The van der Waals surface area contributed by atoms with E-state index in [4.69, 9.17) is 11.5 Å². The van der Waals surface area contributed by atoms with Crippen molar-refractivity contribution in [2.24, 2.45) is 0 Å². The molecule has 4 N–H and O–H groups in total. The summed E-state index contributed by atoms with van der Waals surface area (Å²) in [5.41, 5.74) is 11.3. The Morgan fingerprint density at radius 3 is 2.41 bits per heavy atom. The van der Waals surface area contributed by atoms with Gasteiger partial charge in [0.25, 0.3) is 0 Å². The molecule has 0 atom stereocenters. The van der Waals surface area contributed by atoms with Crippen LogP contribution < -0.4 is 11.5 Å². The van der Waals surface area contributed by atoms with Gasteiger partial charge in [-0.25, -0.2) is 13.8 Å². The highest BCUT2D eigenvalue weighted by Crippen LogP contribution is 2.25. The van der Waals surface area contributed by atoms with Crippen LogP contribution in [0.2, 0.25) is 0 Å². The van der Waals surface area contributed by atoms with E-state index in [0.717, 1.165) is 0 Å². The van der Waals surface area contributed by atoms with E-state index >= 15 is 0 Å². The molecule has 17 heavy (non-hydrogen) atoms. The van der Waals surface area contributed by atoms with Crippen molar-refractivity contribution in [3.8, 4) is 11.3 Å². The van der Waals surface area contributed by atoms with Crippen LogP contribution in [0.5, 0.6) is 0 Å². The van der Waals surface area contributed by atoms with E-state index in [2.05, 4.69) is 9.97 Å². The molecular formula is C11H10F2N4. The lowest BCUT2D eigenvalue weighted by Gasteiger charge is -2.06. The molecule has 0 unspecified atom stereocenters. The minimum absolute atomic E-state index is 0.00824. The Balaban J connectivity index is 2.64. The molecule has 1 aromatic carbocycles. The van der Waals surface area contributed by atoms with Crippen LogP contribution in [0.25, 0.3) is 11.3 Å². The lowest BCUT2D eigenvalue weighted by Crippen LogP contribution is -2.02. The van der Waals surface area contributed by atoms with Crippen molar-refractivity contribution in [1.82, 2.24) is 9.97 Å². The van der Waals surface area contributed by atoms with Crippen LogP contribution in [0, 0.1) is 18.6 Å². The second kappa shape index (κ2) is 3.97. The third kappa shape index (κ3) is 2.01. The van der Waals surface area contributed by atoms with Crippen molar-refractivity contribution in [2.45, 2.75) is 6.92 Å². The number of nitrogens with zero attached hydrogens (tertiary/aromatic N) is 2. The van der Waals surface area contributed by atoms with Gasteiger partial charge < -0.3 is 11.5 Å². The van der Waals surface area contributed by atoms with Gasteiger partial charge >= 0.3 is 0 Å². The molecule has 1 heterocycles. The first-order valence-electron chi connectivity index (χ1n) is 4.84. The summed E-state index contributed by atoms with van der Waals surface area (Å²) in [6.45, 7) is 1.48. The van der Waals surface area contributed by atoms with E-state index in [1.807, 2.05) is 0 Å². The van der Waals surface area contributed by atoms with E-state index in [9.17, 15) is 8.78 Å². The van der Waals surface area contributed by atoms with Gasteiger partial charge in [0.15, 0.2) is 11.6 Å². The first kappa shape index (κ1) is 11.3. The standard InChI is InChI=1S/C11H10F2N4/c1-5-2-3-6(10(13)9(5)12)7-4-8(14)17-11(15)16-7/h2-4H,1H3,(H4,14,15,16,17). The van der Waals surface area contributed by atoms with Gasteiger partial charge in [-0.3, -0.25) is 0 Å². The predicted molar refractivity (Wildman–Crippen MR) is 60.9 cm³/mol. The third-order valence-electron chi connectivity index (χ3n) is 2.31. The molecule has 0 aliphatic rings. The normalized spacial score (nSPS) is 10.5. The highest BCUT2D eigenvalue weighted by atomic mass is 19.2. The number of hydrogen-bond donors (Lipinski definition) is 2. The Labute approximate surface area is 96.3 Å². The van der Waals surface area contributed by atoms with Crippen LogP contribution in [0.4, 0.5) is 20.5 Å². The lowest BCUT2D eigenvalue weighted by molar-refractivity contribution is 0.505. The molecule has 0 saturated carbocycles. The third-order valence-corrected chi connectivity index (χ3v) is 2.31. The summed E-state index contributed by atoms with van der Waals surface area (Å²) in [7, 11) is 0. The number of aryl methyl sites for hydroxylation is 1. The topological polar surface area (TPSA) is 77.8 Å². The fourth-order valence-corrected chi connectivity index (χ4v) is 1.47. The van der Waals surface area contributed by atoms with Crippen LogP contribution in [-0.4, -0.2) is 9.97 Å². The maximum atomic E-state index is 13.7. The highest BCUT2D eigenvalue weighted by molar-refractivity contribution is 5.64. The van der Waals surface area contributed by atoms with Crippen molar-refractivity contribution in [3.05, 3.63) is 35.4 Å². The van der Waals surface area contributed by atoms with Gasteiger partial charge in [0.05, 0.1) is 5.69 Å². The second-order valence-corrected chi connectivity index (χ2v) is 3.59. The molecule has 2 aromatic rings. The lowest BCUT2D eigenvalue weighted by atomic mass is 10.1. The van der Waals surface area contributed by atoms with E-state index < -0.39 is 11.6 Å². The molecule has 0 radical (unpaired) electrons. The highest BCUT2D eigenvalue weighted by Gasteiger charge is 2.14. The van der Waals surface area contributed by atoms with Crippen molar-refractivity contribution in [2.75, 3.05) is 11.5 Å². The van der Waals surface area contributed by atoms with Gasteiger partial charge in [0.2, 0.25) is 5.95 Å². The van der Waals surface area contributed by atoms with Gasteiger partial charge in [0, 0.05) is 11.6 Å². The Kier molecular flexibility index (Phi) is 2.63. The van der Waals surface area contributed by atoms with Crippen LogP contribution in [-0.2, 0) is 0 Å². The molecule has 0 amide bonds. The molecule has 6 heteroatoms. The first-order valence-corrected chi connectivity index (χ1v) is 4.84.